The largest absolute Gasteiger partial charge is 0.495 e. The Hall–Kier alpha value is -3.26. The van der Waals surface area contributed by atoms with E-state index in [9.17, 15) is 14.4 Å². The molecule has 0 unspecified atom stereocenters. The summed E-state index contributed by atoms with van der Waals surface area (Å²) in [5, 5.41) is 5.69. The van der Waals surface area contributed by atoms with Gasteiger partial charge in [-0.05, 0) is 48.4 Å². The number of fused-ring (bicyclic) bond motifs is 1. The molecule has 2 aromatic rings. The summed E-state index contributed by atoms with van der Waals surface area (Å²) < 4.78 is 15.3. The minimum atomic E-state index is -0.682. The van der Waals surface area contributed by atoms with Crippen LogP contribution in [0.5, 0.6) is 11.5 Å². The van der Waals surface area contributed by atoms with Crippen LogP contribution in [0.1, 0.15) is 12.0 Å². The van der Waals surface area contributed by atoms with Crippen molar-refractivity contribution in [2.45, 2.75) is 12.8 Å². The molecule has 8 nitrogen and oxygen atoms in total. The molecule has 0 fully saturated rings. The van der Waals surface area contributed by atoms with Gasteiger partial charge in [-0.3, -0.25) is 9.59 Å². The molecule has 2 N–H and O–H groups in total. The van der Waals surface area contributed by atoms with Crippen molar-refractivity contribution in [3.05, 3.63) is 47.0 Å². The highest BCUT2D eigenvalue weighted by atomic mass is 35.5. The molecule has 0 bridgehead atoms. The molecule has 0 aliphatic carbocycles. The van der Waals surface area contributed by atoms with E-state index in [1.165, 1.54) is 13.2 Å². The molecule has 9 heteroatoms. The van der Waals surface area contributed by atoms with Gasteiger partial charge in [0.2, 0.25) is 5.91 Å². The van der Waals surface area contributed by atoms with E-state index in [1.807, 2.05) is 0 Å². The molecule has 3 rings (SSSR count). The Bertz CT molecular complexity index is 947. The fourth-order valence-electron chi connectivity index (χ4n) is 2.72. The molecule has 1 heterocycles. The molecule has 29 heavy (non-hydrogen) atoms. The average Bonchev–Trinajstić information content (AvgIpc) is 2.71. The van der Waals surface area contributed by atoms with Gasteiger partial charge in [0.15, 0.2) is 13.2 Å². The predicted octanol–water partition coefficient (Wildman–Crippen LogP) is 2.79. The number of carbonyl (C=O) groups is 3. The molecule has 0 saturated heterocycles. The van der Waals surface area contributed by atoms with Crippen LogP contribution < -0.4 is 20.1 Å². The number of anilines is 2. The maximum atomic E-state index is 11.9. The zero-order chi connectivity index (χ0) is 20.8. The van der Waals surface area contributed by atoms with Crippen LogP contribution in [0.25, 0.3) is 0 Å². The van der Waals surface area contributed by atoms with Crippen molar-refractivity contribution in [1.82, 2.24) is 0 Å². The second-order valence-corrected chi connectivity index (χ2v) is 6.62. The van der Waals surface area contributed by atoms with Crippen molar-refractivity contribution in [3.8, 4) is 11.5 Å². The normalized spacial score (nSPS) is 12.4. The molecule has 0 saturated carbocycles. The quantitative estimate of drug-likeness (QED) is 0.670. The van der Waals surface area contributed by atoms with Crippen LogP contribution in [0.4, 0.5) is 11.4 Å². The summed E-state index contributed by atoms with van der Waals surface area (Å²) >= 11 is 5.99. The number of methoxy groups -OCH3 is 1. The number of hydrogen-bond acceptors (Lipinski definition) is 6. The molecule has 0 aromatic heterocycles. The first kappa shape index (κ1) is 20.5. The van der Waals surface area contributed by atoms with E-state index in [0.29, 0.717) is 35.1 Å². The van der Waals surface area contributed by atoms with Crippen LogP contribution in [0.3, 0.4) is 0 Å². The third kappa shape index (κ3) is 5.61. The summed E-state index contributed by atoms with van der Waals surface area (Å²) in [5.41, 5.74) is 2.13. The molecule has 0 radical (unpaired) electrons. The number of aryl methyl sites for hydroxylation is 1. The van der Waals surface area contributed by atoms with Gasteiger partial charge in [-0.15, -0.1) is 0 Å². The Kier molecular flexibility index (Phi) is 6.56. The molecule has 1 aliphatic rings. The lowest BCUT2D eigenvalue weighted by Crippen LogP contribution is -2.23. The summed E-state index contributed by atoms with van der Waals surface area (Å²) in [4.78, 5) is 35.1. The number of amides is 2. The predicted molar refractivity (Wildman–Crippen MR) is 106 cm³/mol. The van der Waals surface area contributed by atoms with Crippen molar-refractivity contribution < 1.29 is 28.6 Å². The van der Waals surface area contributed by atoms with Crippen LogP contribution in [0, 0.1) is 0 Å². The van der Waals surface area contributed by atoms with Crippen molar-refractivity contribution in [1.29, 1.82) is 0 Å². The fourth-order valence-corrected chi connectivity index (χ4v) is 2.98. The zero-order valence-electron chi connectivity index (χ0n) is 15.6. The first-order valence-electron chi connectivity index (χ1n) is 8.79. The SMILES string of the molecule is COc1ccc(NC(=O)COC(=O)COc2ccc3c(c2)CCC(=O)N3)cc1Cl. The molecular weight excluding hydrogens is 400 g/mol. The molecule has 2 amide bonds. The lowest BCUT2D eigenvalue weighted by Gasteiger charge is -2.17. The van der Waals surface area contributed by atoms with E-state index >= 15 is 0 Å². The Morgan fingerprint density at radius 3 is 2.72 bits per heavy atom. The molecule has 2 aromatic carbocycles. The number of esters is 1. The highest BCUT2D eigenvalue weighted by molar-refractivity contribution is 6.32. The Balaban J connectivity index is 1.43. The van der Waals surface area contributed by atoms with E-state index in [-0.39, 0.29) is 12.5 Å². The minimum absolute atomic E-state index is 0.0232. The lowest BCUT2D eigenvalue weighted by molar-refractivity contribution is -0.149. The maximum absolute atomic E-state index is 11.9. The lowest BCUT2D eigenvalue weighted by atomic mass is 10.0. The van der Waals surface area contributed by atoms with Gasteiger partial charge in [0, 0.05) is 17.8 Å². The summed E-state index contributed by atoms with van der Waals surface area (Å²) in [6.07, 6.45) is 1.02. The number of rotatable bonds is 7. The molecule has 0 spiro atoms. The van der Waals surface area contributed by atoms with Crippen LogP contribution in [-0.2, 0) is 25.5 Å². The second-order valence-electron chi connectivity index (χ2n) is 6.21. The average molecular weight is 419 g/mol. The van der Waals surface area contributed by atoms with Crippen molar-refractivity contribution in [2.75, 3.05) is 31.0 Å². The minimum Gasteiger partial charge on any atom is -0.495 e. The molecule has 0 atom stereocenters. The van der Waals surface area contributed by atoms with Gasteiger partial charge >= 0.3 is 5.97 Å². The molecular formula is C20H19ClN2O6. The topological polar surface area (TPSA) is 103 Å². The van der Waals surface area contributed by atoms with E-state index in [2.05, 4.69) is 10.6 Å². The Morgan fingerprint density at radius 1 is 1.14 bits per heavy atom. The van der Waals surface area contributed by atoms with E-state index < -0.39 is 18.5 Å². The van der Waals surface area contributed by atoms with E-state index in [0.717, 1.165) is 11.3 Å². The van der Waals surface area contributed by atoms with Crippen LogP contribution in [-0.4, -0.2) is 38.1 Å². The van der Waals surface area contributed by atoms with Crippen molar-refractivity contribution in [2.24, 2.45) is 0 Å². The highest BCUT2D eigenvalue weighted by Gasteiger charge is 2.16. The van der Waals surface area contributed by atoms with Gasteiger partial charge in [0.25, 0.3) is 5.91 Å². The first-order chi connectivity index (χ1) is 13.9. The number of carbonyl (C=O) groups excluding carboxylic acids is 3. The zero-order valence-corrected chi connectivity index (χ0v) is 16.4. The fraction of sp³-hybridized carbons (Fsp3) is 0.250. The molecule has 152 valence electrons. The molecule has 1 aliphatic heterocycles. The standard InChI is InChI=1S/C20H19ClN2O6/c1-27-17-6-3-13(9-15(17)21)22-19(25)10-29-20(26)11-28-14-4-5-16-12(8-14)2-7-18(24)23-16/h3-6,8-9H,2,7,10-11H2,1H3,(H,22,25)(H,23,24). The van der Waals surface area contributed by atoms with Gasteiger partial charge in [0.05, 0.1) is 12.1 Å². The number of nitrogens with one attached hydrogen (secondary N) is 2. The summed E-state index contributed by atoms with van der Waals surface area (Å²) in [6, 6.07) is 9.90. The summed E-state index contributed by atoms with van der Waals surface area (Å²) in [7, 11) is 1.49. The third-order valence-corrected chi connectivity index (χ3v) is 4.42. The van der Waals surface area contributed by atoms with Gasteiger partial charge in [-0.2, -0.15) is 0 Å². The van der Waals surface area contributed by atoms with Gasteiger partial charge in [-0.25, -0.2) is 4.79 Å². The second kappa shape index (κ2) is 9.29. The monoisotopic (exact) mass is 418 g/mol. The Morgan fingerprint density at radius 2 is 1.97 bits per heavy atom. The number of halogens is 1. The van der Waals surface area contributed by atoms with Crippen LogP contribution in [0.2, 0.25) is 5.02 Å². The summed E-state index contributed by atoms with van der Waals surface area (Å²) in [6.45, 7) is -0.797. The van der Waals surface area contributed by atoms with Gasteiger partial charge in [-0.1, -0.05) is 11.6 Å². The first-order valence-corrected chi connectivity index (χ1v) is 9.17. The van der Waals surface area contributed by atoms with Gasteiger partial charge < -0.3 is 24.8 Å². The van der Waals surface area contributed by atoms with Crippen molar-refractivity contribution in [3.63, 3.8) is 0 Å². The highest BCUT2D eigenvalue weighted by Crippen LogP contribution is 2.28. The number of ether oxygens (including phenoxy) is 3. The third-order valence-electron chi connectivity index (χ3n) is 4.13. The van der Waals surface area contributed by atoms with Crippen LogP contribution in [0.15, 0.2) is 36.4 Å². The van der Waals surface area contributed by atoms with Gasteiger partial charge in [0.1, 0.15) is 11.5 Å². The summed E-state index contributed by atoms with van der Waals surface area (Å²) in [5.74, 6) is -0.250. The smallest absolute Gasteiger partial charge is 0.344 e. The number of hydrogen-bond donors (Lipinski definition) is 2. The van der Waals surface area contributed by atoms with Crippen molar-refractivity contribution >= 4 is 40.8 Å². The van der Waals surface area contributed by atoms with Crippen LogP contribution >= 0.6 is 11.6 Å². The maximum Gasteiger partial charge on any atom is 0.344 e. The van der Waals surface area contributed by atoms with E-state index in [1.54, 1.807) is 30.3 Å². The van der Waals surface area contributed by atoms with E-state index in [4.69, 9.17) is 25.8 Å². The Labute approximate surface area is 172 Å². The number of benzene rings is 2.